The van der Waals surface area contributed by atoms with E-state index in [-0.39, 0.29) is 29.2 Å². The van der Waals surface area contributed by atoms with Crippen molar-refractivity contribution >= 4 is 23.5 Å². The largest absolute Gasteiger partial charge is 0.368 e. The Kier molecular flexibility index (Phi) is 2.87. The summed E-state index contributed by atoms with van der Waals surface area (Å²) in [5, 5.41) is 0.0140. The molecule has 0 aliphatic carbocycles. The lowest BCUT2D eigenvalue weighted by atomic mass is 10.00. The summed E-state index contributed by atoms with van der Waals surface area (Å²) >= 11 is 1.62. The van der Waals surface area contributed by atoms with E-state index in [2.05, 4.69) is 0 Å². The molecule has 5 heteroatoms. The van der Waals surface area contributed by atoms with Gasteiger partial charge in [0.05, 0.1) is 0 Å². The molecule has 2 saturated heterocycles. The Morgan fingerprint density at radius 2 is 2.11 bits per heavy atom. The van der Waals surface area contributed by atoms with Gasteiger partial charge in [0, 0.05) is 18.4 Å². The summed E-state index contributed by atoms with van der Waals surface area (Å²) in [5.74, 6) is 0.611. The van der Waals surface area contributed by atoms with Crippen molar-refractivity contribution in [2.24, 2.45) is 0 Å². The number of rotatable bonds is 3. The van der Waals surface area contributed by atoms with Crippen LogP contribution in [0, 0.1) is 0 Å². The maximum Gasteiger partial charge on any atom is 0.256 e. The molecule has 3 atom stereocenters. The van der Waals surface area contributed by atoms with Crippen LogP contribution in [0.2, 0.25) is 0 Å². The summed E-state index contributed by atoms with van der Waals surface area (Å²) in [7, 11) is 1.53. The number of β-lactam (4-membered cyclic amide) rings is 1. The van der Waals surface area contributed by atoms with Crippen LogP contribution in [0.15, 0.2) is 30.3 Å². The zero-order valence-electron chi connectivity index (χ0n) is 9.91. The number of amides is 1. The summed E-state index contributed by atoms with van der Waals surface area (Å²) in [4.78, 5) is 25.8. The van der Waals surface area contributed by atoms with E-state index in [4.69, 9.17) is 4.74 Å². The van der Waals surface area contributed by atoms with Crippen molar-refractivity contribution in [3.63, 3.8) is 0 Å². The molecule has 4 nitrogen and oxygen atoms in total. The van der Waals surface area contributed by atoms with E-state index in [9.17, 15) is 9.59 Å². The highest BCUT2D eigenvalue weighted by Gasteiger charge is 2.56. The highest BCUT2D eigenvalue weighted by Crippen LogP contribution is 2.41. The molecule has 0 bridgehead atoms. The highest BCUT2D eigenvalue weighted by atomic mass is 32.2. The summed E-state index contributed by atoms with van der Waals surface area (Å²) in [6.45, 7) is 0. The second-order valence-electron chi connectivity index (χ2n) is 4.37. The normalized spacial score (nSPS) is 29.9. The molecule has 18 heavy (non-hydrogen) atoms. The molecule has 1 aromatic rings. The first-order valence-corrected chi connectivity index (χ1v) is 6.84. The van der Waals surface area contributed by atoms with Crippen LogP contribution in [0.3, 0.4) is 0 Å². The van der Waals surface area contributed by atoms with Crippen molar-refractivity contribution in [2.45, 2.75) is 17.5 Å². The number of nitrogens with zero attached hydrogens (tertiary/aromatic N) is 1. The molecule has 0 N–H and O–H groups in total. The van der Waals surface area contributed by atoms with Gasteiger partial charge in [0.1, 0.15) is 11.4 Å². The number of thioether (sulfide) groups is 1. The molecule has 2 fully saturated rings. The number of methoxy groups -OCH3 is 1. The van der Waals surface area contributed by atoms with Crippen LogP contribution >= 0.6 is 11.8 Å². The van der Waals surface area contributed by atoms with Gasteiger partial charge in [-0.25, -0.2) is 0 Å². The highest BCUT2D eigenvalue weighted by molar-refractivity contribution is 8.00. The Morgan fingerprint density at radius 1 is 1.39 bits per heavy atom. The van der Waals surface area contributed by atoms with Gasteiger partial charge >= 0.3 is 0 Å². The van der Waals surface area contributed by atoms with Gasteiger partial charge in [-0.1, -0.05) is 30.3 Å². The van der Waals surface area contributed by atoms with E-state index < -0.39 is 0 Å². The lowest BCUT2D eigenvalue weighted by Crippen LogP contribution is -2.65. The molecule has 0 radical (unpaired) electrons. The number of ketones is 1. The standard InChI is InChI=1S/C13H13NO3S/c1-17-11-12(16)14-9(7-18-13(11)14)10(15)8-5-3-2-4-6-8/h2-6,9,11,13H,7H2,1H3. The van der Waals surface area contributed by atoms with Crippen LogP contribution in [0.5, 0.6) is 0 Å². The first kappa shape index (κ1) is 11.7. The molecule has 1 amide bonds. The Balaban J connectivity index is 1.80. The molecule has 3 rings (SSSR count). The monoisotopic (exact) mass is 263 g/mol. The van der Waals surface area contributed by atoms with E-state index >= 15 is 0 Å². The molecular weight excluding hydrogens is 250 g/mol. The van der Waals surface area contributed by atoms with Gasteiger partial charge < -0.3 is 9.64 Å². The number of ether oxygens (including phenoxy) is 1. The Bertz CT molecular complexity index is 490. The summed E-state index contributed by atoms with van der Waals surface area (Å²) in [6, 6.07) is 8.79. The number of Topliss-reactive ketones (excluding diaryl/α,β-unsaturated/α-hetero) is 1. The maximum atomic E-state index is 12.3. The average Bonchev–Trinajstić information content (AvgIpc) is 2.79. The van der Waals surface area contributed by atoms with Crippen LogP contribution in [0.25, 0.3) is 0 Å². The van der Waals surface area contributed by atoms with Gasteiger partial charge in [-0.05, 0) is 0 Å². The fourth-order valence-corrected chi connectivity index (χ4v) is 3.95. The Hall–Kier alpha value is -1.33. The quantitative estimate of drug-likeness (QED) is 0.606. The van der Waals surface area contributed by atoms with E-state index in [0.29, 0.717) is 11.3 Å². The zero-order chi connectivity index (χ0) is 12.7. The second-order valence-corrected chi connectivity index (χ2v) is 5.52. The van der Waals surface area contributed by atoms with Gasteiger partial charge in [0.25, 0.3) is 5.91 Å². The van der Waals surface area contributed by atoms with Crippen LogP contribution < -0.4 is 0 Å². The summed E-state index contributed by atoms with van der Waals surface area (Å²) in [5.41, 5.74) is 0.664. The van der Waals surface area contributed by atoms with Crippen molar-refractivity contribution in [1.29, 1.82) is 0 Å². The van der Waals surface area contributed by atoms with Crippen LogP contribution in [0.4, 0.5) is 0 Å². The first-order valence-electron chi connectivity index (χ1n) is 5.80. The second kappa shape index (κ2) is 4.40. The molecule has 2 aliphatic heterocycles. The summed E-state index contributed by atoms with van der Waals surface area (Å²) in [6.07, 6.45) is -0.372. The van der Waals surface area contributed by atoms with Gasteiger partial charge in [-0.15, -0.1) is 11.8 Å². The van der Waals surface area contributed by atoms with Gasteiger partial charge in [-0.2, -0.15) is 0 Å². The number of hydrogen-bond donors (Lipinski definition) is 0. The third-order valence-electron chi connectivity index (χ3n) is 3.41. The lowest BCUT2D eigenvalue weighted by molar-refractivity contribution is -0.162. The molecule has 2 aliphatic rings. The van der Waals surface area contributed by atoms with Gasteiger partial charge in [0.2, 0.25) is 0 Å². The Morgan fingerprint density at radius 3 is 2.78 bits per heavy atom. The van der Waals surface area contributed by atoms with Gasteiger partial charge in [0.15, 0.2) is 11.9 Å². The molecule has 3 unspecified atom stereocenters. The molecule has 0 spiro atoms. The average molecular weight is 263 g/mol. The van der Waals surface area contributed by atoms with E-state index in [1.54, 1.807) is 28.8 Å². The fourth-order valence-electron chi connectivity index (χ4n) is 2.44. The molecule has 2 heterocycles. The molecule has 1 aromatic carbocycles. The van der Waals surface area contributed by atoms with E-state index in [0.717, 1.165) is 0 Å². The number of carbonyl (C=O) groups is 2. The van der Waals surface area contributed by atoms with Crippen LogP contribution in [-0.2, 0) is 9.53 Å². The van der Waals surface area contributed by atoms with Crippen molar-refractivity contribution < 1.29 is 14.3 Å². The predicted octanol–water partition coefficient (Wildman–Crippen LogP) is 1.17. The maximum absolute atomic E-state index is 12.3. The minimum absolute atomic E-state index is 0.0140. The Labute approximate surface area is 109 Å². The van der Waals surface area contributed by atoms with Crippen molar-refractivity contribution in [1.82, 2.24) is 4.90 Å². The lowest BCUT2D eigenvalue weighted by Gasteiger charge is -2.42. The first-order chi connectivity index (χ1) is 8.74. The zero-order valence-corrected chi connectivity index (χ0v) is 10.7. The molecular formula is C13H13NO3S. The number of benzene rings is 1. The summed E-state index contributed by atoms with van der Waals surface area (Å²) < 4.78 is 5.12. The van der Waals surface area contributed by atoms with Crippen LogP contribution in [-0.4, -0.2) is 47.0 Å². The topological polar surface area (TPSA) is 46.6 Å². The third kappa shape index (κ3) is 1.58. The predicted molar refractivity (Wildman–Crippen MR) is 68.4 cm³/mol. The van der Waals surface area contributed by atoms with Crippen molar-refractivity contribution in [3.05, 3.63) is 35.9 Å². The smallest absolute Gasteiger partial charge is 0.256 e. The van der Waals surface area contributed by atoms with Crippen molar-refractivity contribution in [3.8, 4) is 0 Å². The van der Waals surface area contributed by atoms with Gasteiger partial charge in [-0.3, -0.25) is 9.59 Å². The minimum Gasteiger partial charge on any atom is -0.368 e. The molecule has 0 saturated carbocycles. The number of carbonyl (C=O) groups excluding carboxylic acids is 2. The van der Waals surface area contributed by atoms with E-state index in [1.807, 2.05) is 18.2 Å². The number of hydrogen-bond acceptors (Lipinski definition) is 4. The third-order valence-corrected chi connectivity index (χ3v) is 4.73. The SMILES string of the molecule is COC1C(=O)N2C(C(=O)c3ccccc3)CSC12. The number of fused-ring (bicyclic) bond motifs is 1. The van der Waals surface area contributed by atoms with Crippen LogP contribution in [0.1, 0.15) is 10.4 Å². The van der Waals surface area contributed by atoms with Crippen molar-refractivity contribution in [2.75, 3.05) is 12.9 Å². The minimum atomic E-state index is -0.372. The molecule has 94 valence electrons. The molecule has 0 aromatic heterocycles. The fraction of sp³-hybridized carbons (Fsp3) is 0.385. The van der Waals surface area contributed by atoms with E-state index in [1.165, 1.54) is 7.11 Å².